The molecule has 0 aromatic heterocycles. The zero-order chi connectivity index (χ0) is 19.7. The van der Waals surface area contributed by atoms with Crippen LogP contribution in [0.1, 0.15) is 39.7 Å². The van der Waals surface area contributed by atoms with E-state index in [0.717, 1.165) is 5.56 Å². The molecule has 7 nitrogen and oxygen atoms in total. The zero-order valence-electron chi connectivity index (χ0n) is 16.1. The number of rotatable bonds is 7. The average molecular weight is 364 g/mol. The first-order chi connectivity index (χ1) is 12.1. The van der Waals surface area contributed by atoms with Crippen LogP contribution in [0, 0.1) is 0 Å². The van der Waals surface area contributed by atoms with Crippen LogP contribution in [-0.2, 0) is 25.6 Å². The van der Waals surface area contributed by atoms with E-state index in [1.807, 2.05) is 30.3 Å². The molecule has 0 aliphatic rings. The van der Waals surface area contributed by atoms with Gasteiger partial charge in [0.05, 0.1) is 7.11 Å². The maximum absolute atomic E-state index is 12.6. The second-order valence-corrected chi connectivity index (χ2v) is 6.89. The van der Waals surface area contributed by atoms with Gasteiger partial charge in [0.1, 0.15) is 11.6 Å². The van der Waals surface area contributed by atoms with Gasteiger partial charge < -0.3 is 19.7 Å². The van der Waals surface area contributed by atoms with Crippen molar-refractivity contribution in [2.45, 2.75) is 52.3 Å². The van der Waals surface area contributed by atoms with Gasteiger partial charge in [0.15, 0.2) is 0 Å². The van der Waals surface area contributed by atoms with E-state index in [4.69, 9.17) is 9.47 Å². The Kier molecular flexibility index (Phi) is 8.09. The van der Waals surface area contributed by atoms with E-state index in [9.17, 15) is 14.4 Å². The van der Waals surface area contributed by atoms with Crippen molar-refractivity contribution in [2.24, 2.45) is 0 Å². The van der Waals surface area contributed by atoms with Crippen LogP contribution >= 0.6 is 0 Å². The van der Waals surface area contributed by atoms with Gasteiger partial charge in [0, 0.05) is 19.5 Å². The van der Waals surface area contributed by atoms with E-state index in [0.29, 0.717) is 0 Å². The lowest BCUT2D eigenvalue weighted by Gasteiger charge is -2.28. The Morgan fingerprint density at radius 2 is 1.77 bits per heavy atom. The summed E-state index contributed by atoms with van der Waals surface area (Å²) in [6.07, 6.45) is -0.533. The van der Waals surface area contributed by atoms with Crippen LogP contribution in [0.25, 0.3) is 0 Å². The predicted molar refractivity (Wildman–Crippen MR) is 97.3 cm³/mol. The van der Waals surface area contributed by atoms with Crippen LogP contribution in [0.5, 0.6) is 0 Å². The molecular weight excluding hydrogens is 336 g/mol. The van der Waals surface area contributed by atoms with Gasteiger partial charge in [-0.15, -0.1) is 0 Å². The van der Waals surface area contributed by atoms with Gasteiger partial charge in [-0.05, 0) is 33.3 Å². The number of ether oxygens (including phenoxy) is 2. The molecule has 1 rings (SSSR count). The standard InChI is InChI=1S/C19H28N2O5/c1-14(17(23)25-5)21(13-15-9-7-6-8-10-15)16(22)11-12-20-18(24)26-19(2,3)4/h6-10,14H,11-13H2,1-5H3,(H,20,24)/t14-/m0/s1. The van der Waals surface area contributed by atoms with Crippen molar-refractivity contribution in [2.75, 3.05) is 13.7 Å². The number of esters is 1. The normalized spacial score (nSPS) is 12.0. The first-order valence-corrected chi connectivity index (χ1v) is 8.52. The minimum atomic E-state index is -0.728. The number of benzene rings is 1. The molecule has 0 saturated carbocycles. The lowest BCUT2D eigenvalue weighted by atomic mass is 10.1. The fraction of sp³-hybridized carbons (Fsp3) is 0.526. The molecule has 144 valence electrons. The summed E-state index contributed by atoms with van der Waals surface area (Å²) in [5, 5.41) is 2.55. The summed E-state index contributed by atoms with van der Waals surface area (Å²) in [7, 11) is 1.29. The third-order valence-electron chi connectivity index (χ3n) is 3.53. The van der Waals surface area contributed by atoms with E-state index in [1.165, 1.54) is 12.0 Å². The molecule has 0 unspecified atom stereocenters. The Morgan fingerprint density at radius 1 is 1.15 bits per heavy atom. The number of nitrogens with one attached hydrogen (secondary N) is 1. The van der Waals surface area contributed by atoms with Gasteiger partial charge in [0.25, 0.3) is 0 Å². The Balaban J connectivity index is 2.69. The van der Waals surface area contributed by atoms with Gasteiger partial charge in [-0.1, -0.05) is 30.3 Å². The Morgan fingerprint density at radius 3 is 2.31 bits per heavy atom. The Hall–Kier alpha value is -2.57. The minimum Gasteiger partial charge on any atom is -0.467 e. The number of nitrogens with zero attached hydrogens (tertiary/aromatic N) is 1. The maximum Gasteiger partial charge on any atom is 0.407 e. The molecule has 0 fully saturated rings. The molecule has 1 N–H and O–H groups in total. The quantitative estimate of drug-likeness (QED) is 0.752. The molecule has 1 aromatic rings. The molecule has 0 spiro atoms. The van der Waals surface area contributed by atoms with Crippen LogP contribution in [0.15, 0.2) is 30.3 Å². The molecule has 0 aliphatic carbocycles. The fourth-order valence-corrected chi connectivity index (χ4v) is 2.25. The van der Waals surface area contributed by atoms with Crippen molar-refractivity contribution in [1.82, 2.24) is 10.2 Å². The molecule has 1 aromatic carbocycles. The second-order valence-electron chi connectivity index (χ2n) is 6.89. The van der Waals surface area contributed by atoms with Gasteiger partial charge in [-0.3, -0.25) is 4.79 Å². The van der Waals surface area contributed by atoms with E-state index >= 15 is 0 Å². The molecule has 0 aliphatic heterocycles. The average Bonchev–Trinajstić information content (AvgIpc) is 2.57. The Bertz CT molecular complexity index is 610. The summed E-state index contributed by atoms with van der Waals surface area (Å²) < 4.78 is 9.89. The summed E-state index contributed by atoms with van der Waals surface area (Å²) in [6, 6.07) is 8.64. The lowest BCUT2D eigenvalue weighted by Crippen LogP contribution is -2.44. The monoisotopic (exact) mass is 364 g/mol. The summed E-state index contributed by atoms with van der Waals surface area (Å²) >= 11 is 0. The fourth-order valence-electron chi connectivity index (χ4n) is 2.25. The van der Waals surface area contributed by atoms with Gasteiger partial charge in [-0.2, -0.15) is 0 Å². The van der Waals surface area contributed by atoms with Crippen molar-refractivity contribution in [3.63, 3.8) is 0 Å². The number of amides is 2. The van der Waals surface area contributed by atoms with Gasteiger partial charge in [-0.25, -0.2) is 9.59 Å². The minimum absolute atomic E-state index is 0.0490. The number of carbonyl (C=O) groups excluding carboxylic acids is 3. The Labute approximate surface area is 154 Å². The van der Waals surface area contributed by atoms with Gasteiger partial charge >= 0.3 is 12.1 Å². The smallest absolute Gasteiger partial charge is 0.407 e. The van der Waals surface area contributed by atoms with Crippen LogP contribution in [0.4, 0.5) is 4.79 Å². The molecule has 26 heavy (non-hydrogen) atoms. The van der Waals surface area contributed by atoms with Crippen LogP contribution in [0.2, 0.25) is 0 Å². The SMILES string of the molecule is COC(=O)[C@H](C)N(Cc1ccccc1)C(=O)CCNC(=O)OC(C)(C)C. The van der Waals surface area contributed by atoms with Crippen LogP contribution in [0.3, 0.4) is 0 Å². The summed E-state index contributed by atoms with van der Waals surface area (Å²) in [5.74, 6) is -0.753. The molecule has 0 heterocycles. The van der Waals surface area contributed by atoms with E-state index < -0.39 is 23.7 Å². The molecular formula is C19H28N2O5. The van der Waals surface area contributed by atoms with E-state index in [1.54, 1.807) is 27.7 Å². The molecule has 7 heteroatoms. The molecule has 1 atom stereocenters. The topological polar surface area (TPSA) is 84.9 Å². The number of carbonyl (C=O) groups is 3. The predicted octanol–water partition coefficient (Wildman–Crippen LogP) is 2.49. The molecule has 0 bridgehead atoms. The summed E-state index contributed by atoms with van der Waals surface area (Å²) in [4.78, 5) is 37.6. The second kappa shape index (κ2) is 9.79. The van der Waals surface area contributed by atoms with Crippen molar-refractivity contribution in [3.8, 4) is 0 Å². The highest BCUT2D eigenvalue weighted by atomic mass is 16.6. The van der Waals surface area contributed by atoms with Crippen molar-refractivity contribution in [3.05, 3.63) is 35.9 Å². The van der Waals surface area contributed by atoms with E-state index in [2.05, 4.69) is 5.32 Å². The molecule has 0 radical (unpaired) electrons. The van der Waals surface area contributed by atoms with Crippen LogP contribution in [-0.4, -0.2) is 48.2 Å². The third-order valence-corrected chi connectivity index (χ3v) is 3.53. The van der Waals surface area contributed by atoms with Gasteiger partial charge in [0.2, 0.25) is 5.91 Å². The molecule has 0 saturated heterocycles. The first kappa shape index (κ1) is 21.5. The number of alkyl carbamates (subject to hydrolysis) is 1. The highest BCUT2D eigenvalue weighted by Crippen LogP contribution is 2.12. The van der Waals surface area contributed by atoms with Crippen molar-refractivity contribution < 1.29 is 23.9 Å². The molecule has 2 amide bonds. The lowest BCUT2D eigenvalue weighted by molar-refractivity contribution is -0.152. The summed E-state index contributed by atoms with van der Waals surface area (Å²) in [5.41, 5.74) is 0.295. The number of methoxy groups -OCH3 is 1. The third kappa shape index (κ3) is 7.55. The van der Waals surface area contributed by atoms with Crippen LogP contribution < -0.4 is 5.32 Å². The zero-order valence-corrected chi connectivity index (χ0v) is 16.1. The van der Waals surface area contributed by atoms with Crippen molar-refractivity contribution in [1.29, 1.82) is 0 Å². The highest BCUT2D eigenvalue weighted by Gasteiger charge is 2.26. The first-order valence-electron chi connectivity index (χ1n) is 8.52. The maximum atomic E-state index is 12.6. The summed E-state index contributed by atoms with van der Waals surface area (Å²) in [6.45, 7) is 7.30. The number of hydrogen-bond donors (Lipinski definition) is 1. The number of hydrogen-bond acceptors (Lipinski definition) is 5. The highest BCUT2D eigenvalue weighted by molar-refractivity contribution is 5.84. The van der Waals surface area contributed by atoms with E-state index in [-0.39, 0.29) is 25.4 Å². The van der Waals surface area contributed by atoms with Crippen molar-refractivity contribution >= 4 is 18.0 Å². The largest absolute Gasteiger partial charge is 0.467 e.